The van der Waals surface area contributed by atoms with Crippen LogP contribution in [-0.2, 0) is 19.1 Å². The third-order valence-electron chi connectivity index (χ3n) is 2.59. The average Bonchev–Trinajstić information content (AvgIpc) is 2.88. The summed E-state index contributed by atoms with van der Waals surface area (Å²) in [6, 6.07) is 0. The van der Waals surface area contributed by atoms with Crippen molar-refractivity contribution < 1.29 is 19.1 Å². The predicted molar refractivity (Wildman–Crippen MR) is 54.1 cm³/mol. The van der Waals surface area contributed by atoms with Crippen LogP contribution < -0.4 is 0 Å². The maximum atomic E-state index is 10.5. The summed E-state index contributed by atoms with van der Waals surface area (Å²) >= 11 is 0. The van der Waals surface area contributed by atoms with Gasteiger partial charge in [-0.3, -0.25) is 9.59 Å². The summed E-state index contributed by atoms with van der Waals surface area (Å²) in [5.74, 6) is 0.758. The lowest BCUT2D eigenvalue weighted by Gasteiger charge is -2.02. The van der Waals surface area contributed by atoms with Gasteiger partial charge in [0.2, 0.25) is 0 Å². The molecule has 0 unspecified atom stereocenters. The van der Waals surface area contributed by atoms with E-state index in [1.165, 1.54) is 13.8 Å². The second-order valence-electron chi connectivity index (χ2n) is 4.04. The molecule has 15 heavy (non-hydrogen) atoms. The summed E-state index contributed by atoms with van der Waals surface area (Å²) < 4.78 is 9.75. The second kappa shape index (κ2) is 5.73. The first-order chi connectivity index (χ1) is 7.09. The number of carbonyl (C=O) groups excluding carboxylic acids is 2. The summed E-state index contributed by atoms with van der Waals surface area (Å²) in [7, 11) is 0. The van der Waals surface area contributed by atoms with Gasteiger partial charge in [-0.25, -0.2) is 0 Å². The first kappa shape index (κ1) is 12.0. The van der Waals surface area contributed by atoms with Gasteiger partial charge >= 0.3 is 11.9 Å². The van der Waals surface area contributed by atoms with E-state index in [0.29, 0.717) is 25.0 Å². The summed E-state index contributed by atoms with van der Waals surface area (Å²) in [5.41, 5.74) is 0. The zero-order chi connectivity index (χ0) is 11.3. The summed E-state index contributed by atoms with van der Waals surface area (Å²) in [5, 5.41) is 0. The Bertz CT molecular complexity index is 237. The minimum atomic E-state index is -0.220. The average molecular weight is 214 g/mol. The van der Waals surface area contributed by atoms with Gasteiger partial charge in [-0.1, -0.05) is 0 Å². The Kier molecular flexibility index (Phi) is 4.59. The molecule has 4 heteroatoms. The fraction of sp³-hybridized carbons (Fsp3) is 0.818. The third kappa shape index (κ3) is 5.40. The molecule has 0 aromatic rings. The van der Waals surface area contributed by atoms with Crippen molar-refractivity contribution in [1.82, 2.24) is 0 Å². The number of carbonyl (C=O) groups is 2. The molecule has 4 nitrogen and oxygen atoms in total. The van der Waals surface area contributed by atoms with Gasteiger partial charge < -0.3 is 9.47 Å². The SMILES string of the molecule is CC(=O)OCCC[C@H]1C[C@H]1COC(C)=O. The van der Waals surface area contributed by atoms with E-state index in [1.807, 2.05) is 0 Å². The minimum absolute atomic E-state index is 0.208. The van der Waals surface area contributed by atoms with E-state index in [2.05, 4.69) is 0 Å². The molecule has 0 aromatic carbocycles. The Labute approximate surface area is 89.9 Å². The topological polar surface area (TPSA) is 52.6 Å². The van der Waals surface area contributed by atoms with Crippen molar-refractivity contribution in [2.24, 2.45) is 11.8 Å². The lowest BCUT2D eigenvalue weighted by molar-refractivity contribution is -0.142. The quantitative estimate of drug-likeness (QED) is 0.497. The monoisotopic (exact) mass is 214 g/mol. The Morgan fingerprint density at radius 1 is 1.13 bits per heavy atom. The smallest absolute Gasteiger partial charge is 0.302 e. The van der Waals surface area contributed by atoms with Crippen LogP contribution in [0.3, 0.4) is 0 Å². The first-order valence-electron chi connectivity index (χ1n) is 5.36. The van der Waals surface area contributed by atoms with Crippen molar-refractivity contribution in [2.45, 2.75) is 33.1 Å². The van der Waals surface area contributed by atoms with Crippen LogP contribution in [0.4, 0.5) is 0 Å². The molecule has 1 aliphatic rings. The number of hydrogen-bond acceptors (Lipinski definition) is 4. The molecule has 1 rings (SSSR count). The number of hydrogen-bond donors (Lipinski definition) is 0. The van der Waals surface area contributed by atoms with Crippen molar-refractivity contribution in [3.05, 3.63) is 0 Å². The molecule has 0 heterocycles. The molecule has 86 valence electrons. The molecule has 2 atom stereocenters. The molecule has 1 fully saturated rings. The van der Waals surface area contributed by atoms with Crippen LogP contribution in [0.15, 0.2) is 0 Å². The van der Waals surface area contributed by atoms with Gasteiger partial charge in [-0.15, -0.1) is 0 Å². The predicted octanol–water partition coefficient (Wildman–Crippen LogP) is 1.53. The molecular formula is C11H18O4. The van der Waals surface area contributed by atoms with Crippen LogP contribution in [0.2, 0.25) is 0 Å². The fourth-order valence-electron chi connectivity index (χ4n) is 1.65. The van der Waals surface area contributed by atoms with Gasteiger partial charge in [0.05, 0.1) is 13.2 Å². The Hall–Kier alpha value is -1.06. The van der Waals surface area contributed by atoms with E-state index in [0.717, 1.165) is 19.3 Å². The summed E-state index contributed by atoms with van der Waals surface area (Å²) in [6.45, 7) is 3.90. The molecule has 0 bridgehead atoms. The van der Waals surface area contributed by atoms with Gasteiger partial charge in [0.1, 0.15) is 0 Å². The van der Waals surface area contributed by atoms with Crippen LogP contribution in [0.1, 0.15) is 33.1 Å². The zero-order valence-electron chi connectivity index (χ0n) is 9.32. The van der Waals surface area contributed by atoms with E-state index in [1.54, 1.807) is 0 Å². The number of esters is 2. The Morgan fingerprint density at radius 3 is 2.40 bits per heavy atom. The minimum Gasteiger partial charge on any atom is -0.466 e. The van der Waals surface area contributed by atoms with Crippen molar-refractivity contribution in [1.29, 1.82) is 0 Å². The normalized spacial score (nSPS) is 23.3. The van der Waals surface area contributed by atoms with E-state index >= 15 is 0 Å². The number of rotatable bonds is 6. The molecule has 0 radical (unpaired) electrons. The van der Waals surface area contributed by atoms with E-state index < -0.39 is 0 Å². The van der Waals surface area contributed by atoms with E-state index in [4.69, 9.17) is 9.47 Å². The molecule has 0 aromatic heterocycles. The summed E-state index contributed by atoms with van der Waals surface area (Å²) in [4.78, 5) is 21.0. The van der Waals surface area contributed by atoms with Crippen LogP contribution in [0, 0.1) is 11.8 Å². The van der Waals surface area contributed by atoms with Crippen molar-refractivity contribution >= 4 is 11.9 Å². The van der Waals surface area contributed by atoms with Crippen LogP contribution in [0.25, 0.3) is 0 Å². The molecular weight excluding hydrogens is 196 g/mol. The molecule has 0 N–H and O–H groups in total. The highest BCUT2D eigenvalue weighted by Crippen LogP contribution is 2.42. The molecule has 1 aliphatic carbocycles. The van der Waals surface area contributed by atoms with E-state index in [-0.39, 0.29) is 11.9 Å². The molecule has 0 amide bonds. The fourth-order valence-corrected chi connectivity index (χ4v) is 1.65. The van der Waals surface area contributed by atoms with E-state index in [9.17, 15) is 9.59 Å². The molecule has 1 saturated carbocycles. The highest BCUT2D eigenvalue weighted by Gasteiger charge is 2.36. The van der Waals surface area contributed by atoms with Crippen molar-refractivity contribution in [3.63, 3.8) is 0 Å². The molecule has 0 aliphatic heterocycles. The Balaban J connectivity index is 1.93. The van der Waals surface area contributed by atoms with Crippen LogP contribution >= 0.6 is 0 Å². The Morgan fingerprint density at radius 2 is 1.80 bits per heavy atom. The lowest BCUT2D eigenvalue weighted by Crippen LogP contribution is -2.04. The lowest BCUT2D eigenvalue weighted by atomic mass is 10.2. The van der Waals surface area contributed by atoms with Crippen molar-refractivity contribution in [2.75, 3.05) is 13.2 Å². The number of ether oxygens (including phenoxy) is 2. The molecule has 0 spiro atoms. The van der Waals surface area contributed by atoms with Gasteiger partial charge in [0, 0.05) is 13.8 Å². The largest absolute Gasteiger partial charge is 0.466 e. The summed E-state index contributed by atoms with van der Waals surface area (Å²) in [6.07, 6.45) is 3.09. The highest BCUT2D eigenvalue weighted by molar-refractivity contribution is 5.66. The van der Waals surface area contributed by atoms with Gasteiger partial charge in [0.15, 0.2) is 0 Å². The maximum Gasteiger partial charge on any atom is 0.302 e. The highest BCUT2D eigenvalue weighted by atomic mass is 16.5. The standard InChI is InChI=1S/C11H18O4/c1-8(12)14-5-3-4-10-6-11(10)7-15-9(2)13/h10-11H,3-7H2,1-2H3/t10-,11-/m0/s1. The maximum absolute atomic E-state index is 10.5. The van der Waals surface area contributed by atoms with Crippen molar-refractivity contribution in [3.8, 4) is 0 Å². The zero-order valence-corrected chi connectivity index (χ0v) is 9.32. The first-order valence-corrected chi connectivity index (χ1v) is 5.36. The third-order valence-corrected chi connectivity index (χ3v) is 2.59. The van der Waals surface area contributed by atoms with Crippen LogP contribution in [-0.4, -0.2) is 25.2 Å². The van der Waals surface area contributed by atoms with Gasteiger partial charge in [0.25, 0.3) is 0 Å². The second-order valence-corrected chi connectivity index (χ2v) is 4.04. The van der Waals surface area contributed by atoms with Crippen LogP contribution in [0.5, 0.6) is 0 Å². The molecule has 0 saturated heterocycles. The van der Waals surface area contributed by atoms with Gasteiger partial charge in [-0.05, 0) is 31.1 Å². The van der Waals surface area contributed by atoms with Gasteiger partial charge in [-0.2, -0.15) is 0 Å².